The molecular formula is C21H23N5O2. The summed E-state index contributed by atoms with van der Waals surface area (Å²) in [6.45, 7) is 4.41. The fourth-order valence-electron chi connectivity index (χ4n) is 4.35. The van der Waals surface area contributed by atoms with E-state index in [-0.39, 0.29) is 5.60 Å². The van der Waals surface area contributed by atoms with Gasteiger partial charge in [-0.15, -0.1) is 10.2 Å². The Morgan fingerprint density at radius 1 is 1.07 bits per heavy atom. The molecule has 2 aliphatic rings. The molecule has 2 aliphatic heterocycles. The number of ether oxygens (including phenoxy) is 2. The van der Waals surface area contributed by atoms with Crippen LogP contribution >= 0.6 is 0 Å². The molecule has 7 nitrogen and oxygen atoms in total. The minimum absolute atomic E-state index is 0.158. The molecule has 4 heterocycles. The van der Waals surface area contributed by atoms with E-state index in [0.29, 0.717) is 12.5 Å². The lowest BCUT2D eigenvalue weighted by Crippen LogP contribution is -2.43. The molecule has 0 N–H and O–H groups in total. The molecule has 0 atom stereocenters. The Balaban J connectivity index is 1.41. The fraction of sp³-hybridized carbons (Fsp3) is 0.381. The lowest BCUT2D eigenvalue weighted by Gasteiger charge is -2.39. The van der Waals surface area contributed by atoms with Crippen LogP contribution in [0.25, 0.3) is 5.69 Å². The third kappa shape index (κ3) is 2.65. The number of benzene rings is 1. The van der Waals surface area contributed by atoms with E-state index in [1.165, 1.54) is 11.1 Å². The highest BCUT2D eigenvalue weighted by Crippen LogP contribution is 2.44. The van der Waals surface area contributed by atoms with Crippen LogP contribution in [-0.4, -0.2) is 39.9 Å². The van der Waals surface area contributed by atoms with Crippen LogP contribution in [0.2, 0.25) is 0 Å². The van der Waals surface area contributed by atoms with E-state index in [1.807, 2.05) is 23.6 Å². The zero-order valence-electron chi connectivity index (χ0n) is 16.1. The number of fused-ring (bicyclic) bond motifs is 2. The average molecular weight is 377 g/mol. The maximum atomic E-state index is 6.29. The average Bonchev–Trinajstić information content (AvgIpc) is 3.30. The van der Waals surface area contributed by atoms with Gasteiger partial charge in [0.2, 0.25) is 11.8 Å². The first-order valence-corrected chi connectivity index (χ1v) is 9.60. The predicted octanol–water partition coefficient (Wildman–Crippen LogP) is 3.01. The summed E-state index contributed by atoms with van der Waals surface area (Å²) >= 11 is 0. The number of hydrogen-bond acceptors (Lipinski definition) is 6. The molecule has 0 unspecified atom stereocenters. The van der Waals surface area contributed by atoms with E-state index in [0.717, 1.165) is 43.4 Å². The van der Waals surface area contributed by atoms with Gasteiger partial charge in [-0.3, -0.25) is 4.57 Å². The number of nitrogens with zero attached hydrogens (tertiary/aromatic N) is 5. The van der Waals surface area contributed by atoms with Crippen molar-refractivity contribution in [2.75, 3.05) is 25.1 Å². The molecule has 1 fully saturated rings. The zero-order valence-corrected chi connectivity index (χ0v) is 16.1. The summed E-state index contributed by atoms with van der Waals surface area (Å²) in [5.74, 6) is 2.28. The molecular weight excluding hydrogens is 354 g/mol. The van der Waals surface area contributed by atoms with E-state index < -0.39 is 0 Å². The first-order chi connectivity index (χ1) is 13.7. The Bertz CT molecular complexity index is 990. The molecule has 7 heteroatoms. The summed E-state index contributed by atoms with van der Waals surface area (Å²) in [5.41, 5.74) is 3.45. The molecule has 3 aromatic rings. The predicted molar refractivity (Wildman–Crippen MR) is 105 cm³/mol. The molecule has 28 heavy (non-hydrogen) atoms. The Labute approximate surface area is 163 Å². The smallest absolute Gasteiger partial charge is 0.231 e. The van der Waals surface area contributed by atoms with Crippen LogP contribution < -0.4 is 9.64 Å². The number of pyridine rings is 1. The van der Waals surface area contributed by atoms with Gasteiger partial charge < -0.3 is 14.4 Å². The molecule has 0 amide bonds. The number of anilines is 1. The number of aryl methyl sites for hydroxylation is 1. The maximum Gasteiger partial charge on any atom is 0.231 e. The van der Waals surface area contributed by atoms with Gasteiger partial charge in [0, 0.05) is 19.2 Å². The van der Waals surface area contributed by atoms with Crippen LogP contribution in [0.3, 0.4) is 0 Å². The topological polar surface area (TPSA) is 65.3 Å². The summed E-state index contributed by atoms with van der Waals surface area (Å²) < 4.78 is 13.5. The molecule has 0 aliphatic carbocycles. The molecule has 0 saturated carbocycles. The van der Waals surface area contributed by atoms with Crippen LogP contribution in [0.5, 0.6) is 5.88 Å². The van der Waals surface area contributed by atoms with E-state index >= 15 is 0 Å². The minimum Gasteiger partial charge on any atom is -0.481 e. The summed E-state index contributed by atoms with van der Waals surface area (Å²) in [4.78, 5) is 6.62. The van der Waals surface area contributed by atoms with Crippen molar-refractivity contribution in [1.29, 1.82) is 0 Å². The molecule has 144 valence electrons. The van der Waals surface area contributed by atoms with Gasteiger partial charge in [-0.25, -0.2) is 4.98 Å². The van der Waals surface area contributed by atoms with Crippen molar-refractivity contribution in [3.8, 4) is 11.6 Å². The number of piperidine rings is 1. The van der Waals surface area contributed by atoms with Gasteiger partial charge in [0.25, 0.3) is 0 Å². The summed E-state index contributed by atoms with van der Waals surface area (Å²) in [6.07, 6.45) is 3.67. The van der Waals surface area contributed by atoms with E-state index in [4.69, 9.17) is 9.47 Å². The van der Waals surface area contributed by atoms with Crippen molar-refractivity contribution in [2.45, 2.75) is 32.0 Å². The van der Waals surface area contributed by atoms with Crippen LogP contribution in [-0.2, 0) is 16.9 Å². The Morgan fingerprint density at radius 2 is 1.89 bits per heavy atom. The van der Waals surface area contributed by atoms with Gasteiger partial charge in [0.1, 0.15) is 5.82 Å². The van der Waals surface area contributed by atoms with Gasteiger partial charge >= 0.3 is 0 Å². The van der Waals surface area contributed by atoms with Crippen molar-refractivity contribution in [3.63, 3.8) is 0 Å². The lowest BCUT2D eigenvalue weighted by atomic mass is 9.84. The zero-order chi connectivity index (χ0) is 19.1. The Hall–Kier alpha value is -2.93. The Kier molecular flexibility index (Phi) is 4.05. The van der Waals surface area contributed by atoms with Crippen molar-refractivity contribution >= 4 is 5.95 Å². The van der Waals surface area contributed by atoms with Crippen molar-refractivity contribution < 1.29 is 9.47 Å². The summed E-state index contributed by atoms with van der Waals surface area (Å²) in [5, 5.41) is 8.77. The number of hydrogen-bond donors (Lipinski definition) is 0. The van der Waals surface area contributed by atoms with Crippen LogP contribution in [0.15, 0.2) is 42.6 Å². The standard InChI is InChI=1S/C21H23N5O2/c1-15-23-24-20(26(15)17-7-8-19(27-2)22-13-17)25-11-9-21(10-12-25)18-6-4-3-5-16(18)14-28-21/h3-8,13H,9-12,14H2,1-2H3. The number of methoxy groups -OCH3 is 1. The second-order valence-corrected chi connectivity index (χ2v) is 7.37. The summed E-state index contributed by atoms with van der Waals surface area (Å²) in [7, 11) is 1.62. The second kappa shape index (κ2) is 6.60. The largest absolute Gasteiger partial charge is 0.481 e. The van der Waals surface area contributed by atoms with Crippen LogP contribution in [0.1, 0.15) is 29.8 Å². The molecule has 5 rings (SSSR count). The SMILES string of the molecule is COc1ccc(-n2c(C)nnc2N2CCC3(CC2)OCc2ccccc23)cn1. The molecule has 2 aromatic heterocycles. The summed E-state index contributed by atoms with van der Waals surface area (Å²) in [6, 6.07) is 12.4. The van der Waals surface area contributed by atoms with Gasteiger partial charge in [0.15, 0.2) is 0 Å². The van der Waals surface area contributed by atoms with E-state index in [2.05, 4.69) is 44.3 Å². The van der Waals surface area contributed by atoms with Crippen molar-refractivity contribution in [2.24, 2.45) is 0 Å². The number of rotatable bonds is 3. The van der Waals surface area contributed by atoms with E-state index in [9.17, 15) is 0 Å². The van der Waals surface area contributed by atoms with Gasteiger partial charge in [-0.05, 0) is 37.0 Å². The first-order valence-electron chi connectivity index (χ1n) is 9.60. The Morgan fingerprint density at radius 3 is 2.64 bits per heavy atom. The first kappa shape index (κ1) is 17.2. The van der Waals surface area contributed by atoms with Crippen LogP contribution in [0.4, 0.5) is 5.95 Å². The normalized spacial score (nSPS) is 17.7. The fourth-order valence-corrected chi connectivity index (χ4v) is 4.35. The highest BCUT2D eigenvalue weighted by atomic mass is 16.5. The second-order valence-electron chi connectivity index (χ2n) is 7.37. The third-order valence-electron chi connectivity index (χ3n) is 5.86. The lowest BCUT2D eigenvalue weighted by molar-refractivity contribution is -0.0553. The number of aromatic nitrogens is 4. The quantitative estimate of drug-likeness (QED) is 0.699. The molecule has 1 saturated heterocycles. The minimum atomic E-state index is -0.158. The molecule has 0 radical (unpaired) electrons. The molecule has 1 aromatic carbocycles. The van der Waals surface area contributed by atoms with Crippen LogP contribution in [0, 0.1) is 6.92 Å². The molecule has 1 spiro atoms. The highest BCUT2D eigenvalue weighted by Gasteiger charge is 2.43. The van der Waals surface area contributed by atoms with E-state index in [1.54, 1.807) is 13.3 Å². The maximum absolute atomic E-state index is 6.29. The highest BCUT2D eigenvalue weighted by molar-refractivity contribution is 5.45. The van der Waals surface area contributed by atoms with Crippen molar-refractivity contribution in [1.82, 2.24) is 19.7 Å². The van der Waals surface area contributed by atoms with Gasteiger partial charge in [0.05, 0.1) is 31.2 Å². The van der Waals surface area contributed by atoms with Gasteiger partial charge in [-0.1, -0.05) is 24.3 Å². The third-order valence-corrected chi connectivity index (χ3v) is 5.86. The molecule has 0 bridgehead atoms. The van der Waals surface area contributed by atoms with Gasteiger partial charge in [-0.2, -0.15) is 0 Å². The monoisotopic (exact) mass is 377 g/mol. The van der Waals surface area contributed by atoms with Crippen molar-refractivity contribution in [3.05, 3.63) is 59.5 Å².